The number of imide groups is 1. The summed E-state index contributed by atoms with van der Waals surface area (Å²) in [4.78, 5) is 46.1. The Kier molecular flexibility index (Phi) is 6.07. The number of anilines is 1. The van der Waals surface area contributed by atoms with Crippen LogP contribution in [0.25, 0.3) is 0 Å². The summed E-state index contributed by atoms with van der Waals surface area (Å²) in [6, 6.07) is 12.4. The van der Waals surface area contributed by atoms with Gasteiger partial charge < -0.3 is 19.5 Å². The van der Waals surface area contributed by atoms with Crippen molar-refractivity contribution in [1.29, 1.82) is 0 Å². The van der Waals surface area contributed by atoms with Crippen molar-refractivity contribution in [2.45, 2.75) is 51.5 Å². The molecule has 3 heterocycles. The van der Waals surface area contributed by atoms with E-state index in [0.717, 1.165) is 36.1 Å². The van der Waals surface area contributed by atoms with Gasteiger partial charge in [-0.3, -0.25) is 24.3 Å². The minimum absolute atomic E-state index is 0.0310. The number of nitrogens with zero attached hydrogens (tertiary/aromatic N) is 3. The third kappa shape index (κ3) is 4.09. The number of methoxy groups -OCH3 is 1. The second-order valence-corrected chi connectivity index (χ2v) is 9.82. The molecule has 2 aliphatic heterocycles. The minimum atomic E-state index is -0.441. The number of aliphatic hydroxyl groups is 1. The largest absolute Gasteiger partial charge is 0.493 e. The molecular formula is C29H27N3O6. The van der Waals surface area contributed by atoms with E-state index in [4.69, 9.17) is 9.47 Å². The smallest absolute Gasteiger partial charge is 0.263 e. The number of pyridine rings is 1. The Morgan fingerprint density at radius 3 is 2.47 bits per heavy atom. The lowest BCUT2D eigenvalue weighted by atomic mass is 10.1. The van der Waals surface area contributed by atoms with Gasteiger partial charge in [-0.05, 0) is 61.1 Å². The van der Waals surface area contributed by atoms with Crippen LogP contribution in [0.1, 0.15) is 73.6 Å². The van der Waals surface area contributed by atoms with Gasteiger partial charge in [0.2, 0.25) is 0 Å². The first kappa shape index (κ1) is 24.1. The third-order valence-electron chi connectivity index (χ3n) is 7.45. The number of fused-ring (bicyclic) bond motifs is 2. The first-order valence-corrected chi connectivity index (χ1v) is 12.7. The maximum Gasteiger partial charge on any atom is 0.263 e. The van der Waals surface area contributed by atoms with E-state index in [2.05, 4.69) is 4.98 Å². The van der Waals surface area contributed by atoms with Crippen LogP contribution in [0.2, 0.25) is 0 Å². The number of benzene rings is 2. The van der Waals surface area contributed by atoms with Gasteiger partial charge in [0.05, 0.1) is 49.7 Å². The number of rotatable bonds is 7. The molecule has 0 unspecified atom stereocenters. The Labute approximate surface area is 219 Å². The molecule has 6 rings (SSSR count). The van der Waals surface area contributed by atoms with Gasteiger partial charge in [-0.25, -0.2) is 0 Å². The molecule has 3 aromatic rings. The highest BCUT2D eigenvalue weighted by atomic mass is 16.5. The fraction of sp³-hybridized carbons (Fsp3) is 0.310. The highest BCUT2D eigenvalue weighted by Crippen LogP contribution is 2.38. The van der Waals surface area contributed by atoms with Gasteiger partial charge in [-0.2, -0.15) is 0 Å². The van der Waals surface area contributed by atoms with Gasteiger partial charge in [0.1, 0.15) is 0 Å². The summed E-state index contributed by atoms with van der Waals surface area (Å²) < 4.78 is 11.7. The minimum Gasteiger partial charge on any atom is -0.493 e. The van der Waals surface area contributed by atoms with Gasteiger partial charge in [0.15, 0.2) is 11.5 Å². The van der Waals surface area contributed by atoms with Crippen molar-refractivity contribution >= 4 is 23.4 Å². The predicted molar refractivity (Wildman–Crippen MR) is 137 cm³/mol. The number of hydrogen-bond acceptors (Lipinski definition) is 7. The molecule has 1 N–H and O–H groups in total. The van der Waals surface area contributed by atoms with E-state index in [1.165, 1.54) is 12.3 Å². The molecule has 0 spiro atoms. The lowest BCUT2D eigenvalue weighted by Crippen LogP contribution is -2.29. The maximum absolute atomic E-state index is 13.4. The van der Waals surface area contributed by atoms with E-state index in [9.17, 15) is 19.5 Å². The Balaban J connectivity index is 1.22. The summed E-state index contributed by atoms with van der Waals surface area (Å²) in [6.45, 7) is 0.121. The normalized spacial score (nSPS) is 16.8. The van der Waals surface area contributed by atoms with E-state index < -0.39 is 11.8 Å². The zero-order valence-corrected chi connectivity index (χ0v) is 21.0. The maximum atomic E-state index is 13.4. The number of aliphatic hydroxyl groups excluding tert-OH is 1. The van der Waals surface area contributed by atoms with E-state index in [1.54, 1.807) is 18.1 Å². The Morgan fingerprint density at radius 1 is 0.921 bits per heavy atom. The molecule has 1 aliphatic carbocycles. The highest BCUT2D eigenvalue weighted by molar-refractivity contribution is 6.21. The summed E-state index contributed by atoms with van der Waals surface area (Å²) in [5.74, 6) is 0.227. The van der Waals surface area contributed by atoms with Crippen molar-refractivity contribution in [3.05, 3.63) is 82.2 Å². The van der Waals surface area contributed by atoms with Crippen LogP contribution in [-0.2, 0) is 19.7 Å². The molecule has 9 nitrogen and oxygen atoms in total. The molecule has 0 atom stereocenters. The van der Waals surface area contributed by atoms with Crippen LogP contribution in [0.5, 0.6) is 11.5 Å². The SMILES string of the molecule is COc1ccc(N2Cc3ccc(CN4C(=O)c5cnc(CO)cc5C4=O)cc3C2=O)cc1OC1CCCC1. The number of amides is 3. The van der Waals surface area contributed by atoms with Crippen molar-refractivity contribution in [3.8, 4) is 11.5 Å². The number of hydrogen-bond donors (Lipinski definition) is 1. The Hall–Kier alpha value is -4.24. The Morgan fingerprint density at radius 2 is 1.71 bits per heavy atom. The van der Waals surface area contributed by atoms with Gasteiger partial charge in [0.25, 0.3) is 17.7 Å². The fourth-order valence-corrected chi connectivity index (χ4v) is 5.41. The van der Waals surface area contributed by atoms with Crippen molar-refractivity contribution in [1.82, 2.24) is 9.88 Å². The molecule has 38 heavy (non-hydrogen) atoms. The Bertz CT molecular complexity index is 1460. The van der Waals surface area contributed by atoms with E-state index in [0.29, 0.717) is 40.6 Å². The van der Waals surface area contributed by atoms with Crippen LogP contribution in [0.15, 0.2) is 48.7 Å². The number of carbonyl (C=O) groups excluding carboxylic acids is 3. The zero-order valence-electron chi connectivity index (χ0n) is 21.0. The average Bonchev–Trinajstić information content (AvgIpc) is 3.63. The van der Waals surface area contributed by atoms with Gasteiger partial charge in [0, 0.05) is 23.5 Å². The van der Waals surface area contributed by atoms with Crippen molar-refractivity contribution in [2.24, 2.45) is 0 Å². The van der Waals surface area contributed by atoms with E-state index in [-0.39, 0.29) is 36.3 Å². The summed E-state index contributed by atoms with van der Waals surface area (Å²) in [5, 5.41) is 9.32. The van der Waals surface area contributed by atoms with Crippen LogP contribution in [0.3, 0.4) is 0 Å². The molecule has 1 aromatic heterocycles. The molecule has 194 valence electrons. The first-order valence-electron chi connectivity index (χ1n) is 12.7. The highest BCUT2D eigenvalue weighted by Gasteiger charge is 2.37. The predicted octanol–water partition coefficient (Wildman–Crippen LogP) is 3.86. The van der Waals surface area contributed by atoms with Crippen LogP contribution >= 0.6 is 0 Å². The number of aromatic nitrogens is 1. The fourth-order valence-electron chi connectivity index (χ4n) is 5.41. The first-order chi connectivity index (χ1) is 18.5. The molecule has 0 bridgehead atoms. The lowest BCUT2D eigenvalue weighted by Gasteiger charge is -2.20. The standard InChI is InChI=1S/C29H27N3O6/c1-37-25-9-8-20(12-26(25)38-21-4-2-3-5-21)31-15-18-7-6-17(10-22(18)27(31)34)14-32-28(35)23-11-19(16-33)30-13-24(23)29(32)36/h6-13,21,33H,2-5,14-16H2,1H3. The summed E-state index contributed by atoms with van der Waals surface area (Å²) in [7, 11) is 1.60. The van der Waals surface area contributed by atoms with Gasteiger partial charge in [-0.1, -0.05) is 12.1 Å². The molecule has 1 saturated carbocycles. The zero-order chi connectivity index (χ0) is 26.4. The summed E-state index contributed by atoms with van der Waals surface area (Å²) >= 11 is 0. The number of carbonyl (C=O) groups is 3. The molecule has 1 fully saturated rings. The van der Waals surface area contributed by atoms with Crippen molar-refractivity contribution < 1.29 is 29.0 Å². The second kappa shape index (κ2) is 9.57. The molecule has 2 aromatic carbocycles. The lowest BCUT2D eigenvalue weighted by molar-refractivity contribution is 0.0642. The van der Waals surface area contributed by atoms with E-state index >= 15 is 0 Å². The monoisotopic (exact) mass is 513 g/mol. The molecule has 3 aliphatic rings. The van der Waals surface area contributed by atoms with Gasteiger partial charge in [-0.15, -0.1) is 0 Å². The molecule has 0 saturated heterocycles. The molecular weight excluding hydrogens is 486 g/mol. The summed E-state index contributed by atoms with van der Waals surface area (Å²) in [6.07, 6.45) is 5.80. The average molecular weight is 514 g/mol. The van der Waals surface area contributed by atoms with Crippen molar-refractivity contribution in [3.63, 3.8) is 0 Å². The van der Waals surface area contributed by atoms with E-state index in [1.807, 2.05) is 30.3 Å². The van der Waals surface area contributed by atoms with Crippen LogP contribution < -0.4 is 14.4 Å². The van der Waals surface area contributed by atoms with Crippen LogP contribution in [-0.4, -0.2) is 45.9 Å². The quantitative estimate of drug-likeness (QED) is 0.478. The molecule has 3 amide bonds. The second-order valence-electron chi connectivity index (χ2n) is 9.82. The van der Waals surface area contributed by atoms with Crippen LogP contribution in [0.4, 0.5) is 5.69 Å². The van der Waals surface area contributed by atoms with Gasteiger partial charge >= 0.3 is 0 Å². The third-order valence-corrected chi connectivity index (χ3v) is 7.45. The number of ether oxygens (including phenoxy) is 2. The summed E-state index contributed by atoms with van der Waals surface area (Å²) in [5.41, 5.74) is 3.56. The van der Waals surface area contributed by atoms with Crippen LogP contribution in [0, 0.1) is 0 Å². The molecule has 0 radical (unpaired) electrons. The molecule has 9 heteroatoms. The van der Waals surface area contributed by atoms with Crippen molar-refractivity contribution in [2.75, 3.05) is 12.0 Å². The topological polar surface area (TPSA) is 109 Å².